The third-order valence-corrected chi connectivity index (χ3v) is 2.25. The average molecular weight is 192 g/mol. The fourth-order valence-corrected chi connectivity index (χ4v) is 1.43. The van der Waals surface area contributed by atoms with Crippen LogP contribution in [-0.2, 0) is 16.0 Å². The number of carbonyl (C=O) groups excluding carboxylic acids is 1. The molecule has 1 aromatic carbocycles. The standard InChI is InChI=1S/C12H16O2/c1-14-12(8-5-9-13)10-11-6-3-2-4-7-11/h2-4,6-7,9,12H,5,8,10H2,1H3. The van der Waals surface area contributed by atoms with Gasteiger partial charge in [-0.15, -0.1) is 0 Å². The Balaban J connectivity index is 2.44. The Morgan fingerprint density at radius 2 is 2.07 bits per heavy atom. The highest BCUT2D eigenvalue weighted by atomic mass is 16.5. The van der Waals surface area contributed by atoms with Gasteiger partial charge in [0.1, 0.15) is 6.29 Å². The highest BCUT2D eigenvalue weighted by Crippen LogP contribution is 2.09. The largest absolute Gasteiger partial charge is 0.381 e. The van der Waals surface area contributed by atoms with E-state index in [0.29, 0.717) is 6.42 Å². The van der Waals surface area contributed by atoms with Crippen LogP contribution in [0.5, 0.6) is 0 Å². The summed E-state index contributed by atoms with van der Waals surface area (Å²) < 4.78 is 5.30. The summed E-state index contributed by atoms with van der Waals surface area (Å²) in [4.78, 5) is 10.2. The molecule has 0 aromatic heterocycles. The first kappa shape index (κ1) is 10.9. The van der Waals surface area contributed by atoms with Gasteiger partial charge in [0.25, 0.3) is 0 Å². The summed E-state index contributed by atoms with van der Waals surface area (Å²) in [6.45, 7) is 0. The third kappa shape index (κ3) is 3.71. The number of rotatable bonds is 6. The van der Waals surface area contributed by atoms with E-state index >= 15 is 0 Å². The van der Waals surface area contributed by atoms with Crippen molar-refractivity contribution in [3.8, 4) is 0 Å². The van der Waals surface area contributed by atoms with Crippen molar-refractivity contribution in [3.63, 3.8) is 0 Å². The number of carbonyl (C=O) groups is 1. The van der Waals surface area contributed by atoms with Crippen LogP contribution in [0.15, 0.2) is 30.3 Å². The summed E-state index contributed by atoms with van der Waals surface area (Å²) in [5, 5.41) is 0. The van der Waals surface area contributed by atoms with E-state index in [2.05, 4.69) is 12.1 Å². The van der Waals surface area contributed by atoms with Crippen molar-refractivity contribution < 1.29 is 9.53 Å². The molecule has 0 heterocycles. The zero-order valence-corrected chi connectivity index (χ0v) is 8.48. The average Bonchev–Trinajstić information content (AvgIpc) is 2.25. The van der Waals surface area contributed by atoms with Crippen molar-refractivity contribution >= 4 is 6.29 Å². The highest BCUT2D eigenvalue weighted by Gasteiger charge is 2.07. The Bertz CT molecular complexity index is 256. The minimum Gasteiger partial charge on any atom is -0.381 e. The quantitative estimate of drug-likeness (QED) is 0.646. The summed E-state index contributed by atoms with van der Waals surface area (Å²) in [6.07, 6.45) is 3.35. The lowest BCUT2D eigenvalue weighted by atomic mass is 10.0. The molecule has 0 radical (unpaired) electrons. The smallest absolute Gasteiger partial charge is 0.120 e. The Morgan fingerprint density at radius 3 is 2.64 bits per heavy atom. The summed E-state index contributed by atoms with van der Waals surface area (Å²) in [5.74, 6) is 0. The van der Waals surface area contributed by atoms with Crippen LogP contribution in [0, 0.1) is 0 Å². The van der Waals surface area contributed by atoms with Gasteiger partial charge >= 0.3 is 0 Å². The van der Waals surface area contributed by atoms with E-state index in [-0.39, 0.29) is 6.10 Å². The van der Waals surface area contributed by atoms with Gasteiger partial charge in [-0.1, -0.05) is 30.3 Å². The number of aldehydes is 1. The molecule has 1 aromatic rings. The molecule has 2 nitrogen and oxygen atoms in total. The molecule has 76 valence electrons. The molecule has 0 saturated carbocycles. The second-order valence-corrected chi connectivity index (χ2v) is 3.29. The van der Waals surface area contributed by atoms with Crippen molar-refractivity contribution in [2.24, 2.45) is 0 Å². The normalized spacial score (nSPS) is 12.4. The SMILES string of the molecule is COC(CCC=O)Cc1ccccc1. The van der Waals surface area contributed by atoms with Crippen LogP contribution >= 0.6 is 0 Å². The summed E-state index contributed by atoms with van der Waals surface area (Å²) >= 11 is 0. The molecule has 0 aliphatic heterocycles. The first-order valence-electron chi connectivity index (χ1n) is 4.87. The number of methoxy groups -OCH3 is 1. The lowest BCUT2D eigenvalue weighted by Gasteiger charge is -2.13. The molecular weight excluding hydrogens is 176 g/mol. The predicted molar refractivity (Wildman–Crippen MR) is 56.2 cm³/mol. The Kier molecular flexibility index (Phi) is 4.94. The number of hydrogen-bond donors (Lipinski definition) is 0. The van der Waals surface area contributed by atoms with Gasteiger partial charge in [-0.3, -0.25) is 0 Å². The Morgan fingerprint density at radius 1 is 1.36 bits per heavy atom. The number of benzene rings is 1. The molecule has 0 aliphatic rings. The van der Waals surface area contributed by atoms with Crippen LogP contribution in [0.2, 0.25) is 0 Å². The zero-order valence-electron chi connectivity index (χ0n) is 8.48. The molecule has 1 atom stereocenters. The molecule has 2 heteroatoms. The van der Waals surface area contributed by atoms with Gasteiger partial charge in [-0.25, -0.2) is 0 Å². The number of hydrogen-bond acceptors (Lipinski definition) is 2. The van der Waals surface area contributed by atoms with E-state index in [1.165, 1.54) is 5.56 Å². The van der Waals surface area contributed by atoms with E-state index in [1.54, 1.807) is 7.11 Å². The molecule has 0 amide bonds. The van der Waals surface area contributed by atoms with Gasteiger partial charge in [0.2, 0.25) is 0 Å². The highest BCUT2D eigenvalue weighted by molar-refractivity contribution is 5.49. The Hall–Kier alpha value is -1.15. The van der Waals surface area contributed by atoms with Crippen LogP contribution in [0.25, 0.3) is 0 Å². The van der Waals surface area contributed by atoms with E-state index in [1.807, 2.05) is 18.2 Å². The fraction of sp³-hybridized carbons (Fsp3) is 0.417. The summed E-state index contributed by atoms with van der Waals surface area (Å²) in [6, 6.07) is 10.2. The van der Waals surface area contributed by atoms with Gasteiger partial charge < -0.3 is 9.53 Å². The van der Waals surface area contributed by atoms with Crippen LogP contribution < -0.4 is 0 Å². The number of ether oxygens (including phenoxy) is 1. The van der Waals surface area contributed by atoms with Crippen molar-refractivity contribution in [1.82, 2.24) is 0 Å². The second-order valence-electron chi connectivity index (χ2n) is 3.29. The Labute approximate surface area is 84.9 Å². The maximum Gasteiger partial charge on any atom is 0.120 e. The lowest BCUT2D eigenvalue weighted by Crippen LogP contribution is -2.14. The molecule has 0 saturated heterocycles. The van der Waals surface area contributed by atoms with Crippen molar-refractivity contribution in [2.45, 2.75) is 25.4 Å². The van der Waals surface area contributed by atoms with Crippen molar-refractivity contribution in [1.29, 1.82) is 0 Å². The van der Waals surface area contributed by atoms with E-state index in [0.717, 1.165) is 19.1 Å². The van der Waals surface area contributed by atoms with Gasteiger partial charge in [-0.2, -0.15) is 0 Å². The van der Waals surface area contributed by atoms with E-state index < -0.39 is 0 Å². The second kappa shape index (κ2) is 6.33. The fourth-order valence-electron chi connectivity index (χ4n) is 1.43. The van der Waals surface area contributed by atoms with Gasteiger partial charge in [0.05, 0.1) is 6.10 Å². The molecule has 0 N–H and O–H groups in total. The van der Waals surface area contributed by atoms with Gasteiger partial charge in [-0.05, 0) is 18.4 Å². The minimum atomic E-state index is 0.155. The third-order valence-electron chi connectivity index (χ3n) is 2.25. The molecule has 0 aliphatic carbocycles. The van der Waals surface area contributed by atoms with Crippen LogP contribution in [0.3, 0.4) is 0 Å². The van der Waals surface area contributed by atoms with Gasteiger partial charge in [0.15, 0.2) is 0 Å². The molecule has 0 fully saturated rings. The van der Waals surface area contributed by atoms with E-state index in [9.17, 15) is 4.79 Å². The summed E-state index contributed by atoms with van der Waals surface area (Å²) in [7, 11) is 1.69. The molecule has 1 rings (SSSR count). The maximum atomic E-state index is 10.2. The zero-order chi connectivity index (χ0) is 10.2. The minimum absolute atomic E-state index is 0.155. The predicted octanol–water partition coefficient (Wildman–Crippen LogP) is 2.22. The van der Waals surface area contributed by atoms with Crippen LogP contribution in [0.1, 0.15) is 18.4 Å². The molecule has 0 spiro atoms. The van der Waals surface area contributed by atoms with Crippen LogP contribution in [-0.4, -0.2) is 19.5 Å². The maximum absolute atomic E-state index is 10.2. The van der Waals surface area contributed by atoms with E-state index in [4.69, 9.17) is 4.74 Å². The topological polar surface area (TPSA) is 26.3 Å². The van der Waals surface area contributed by atoms with Crippen molar-refractivity contribution in [3.05, 3.63) is 35.9 Å². The molecular formula is C12H16O2. The monoisotopic (exact) mass is 192 g/mol. The molecule has 14 heavy (non-hydrogen) atoms. The molecule has 1 unspecified atom stereocenters. The lowest BCUT2D eigenvalue weighted by molar-refractivity contribution is -0.108. The first-order valence-corrected chi connectivity index (χ1v) is 4.87. The first-order chi connectivity index (χ1) is 6.86. The summed E-state index contributed by atoms with van der Waals surface area (Å²) in [5.41, 5.74) is 1.25. The molecule has 0 bridgehead atoms. The van der Waals surface area contributed by atoms with Crippen LogP contribution in [0.4, 0.5) is 0 Å². The van der Waals surface area contributed by atoms with Gasteiger partial charge in [0, 0.05) is 13.5 Å². The van der Waals surface area contributed by atoms with Crippen molar-refractivity contribution in [2.75, 3.05) is 7.11 Å².